The molecule has 0 saturated carbocycles. The number of azo groups is 1. The van der Waals surface area contributed by atoms with E-state index in [2.05, 4.69) is 10.2 Å². The standard InChI is InChI=1S/C12H10N2O4S/c15-12-8-10(19(16,17)18)6-7-11(12)14-13-9-4-2-1-3-5-9/h1-8,15H,(H,16,17,18)/b14-13+. The molecule has 0 bridgehead atoms. The maximum absolute atomic E-state index is 10.9. The molecule has 0 spiro atoms. The van der Waals surface area contributed by atoms with E-state index in [1.165, 1.54) is 6.07 Å². The van der Waals surface area contributed by atoms with Crippen LogP contribution in [0.2, 0.25) is 0 Å². The predicted octanol–water partition coefficient (Wildman–Crippen LogP) is 3.05. The van der Waals surface area contributed by atoms with E-state index in [0.29, 0.717) is 5.69 Å². The number of hydrogen-bond acceptors (Lipinski definition) is 5. The molecule has 6 nitrogen and oxygen atoms in total. The van der Waals surface area contributed by atoms with Gasteiger partial charge in [-0.25, -0.2) is 0 Å². The van der Waals surface area contributed by atoms with Gasteiger partial charge in [0.05, 0.1) is 10.6 Å². The van der Waals surface area contributed by atoms with Crippen molar-refractivity contribution in [2.45, 2.75) is 4.90 Å². The van der Waals surface area contributed by atoms with Crippen LogP contribution in [0.25, 0.3) is 0 Å². The average molecular weight is 278 g/mol. The van der Waals surface area contributed by atoms with Crippen LogP contribution in [0.4, 0.5) is 11.4 Å². The quantitative estimate of drug-likeness (QED) is 0.665. The lowest BCUT2D eigenvalue weighted by Gasteiger charge is -2.00. The zero-order valence-electron chi connectivity index (χ0n) is 9.63. The SMILES string of the molecule is O=S(=O)(O)c1ccc(/N=N/c2ccccc2)c(O)c1. The summed E-state index contributed by atoms with van der Waals surface area (Å²) >= 11 is 0. The van der Waals surface area contributed by atoms with E-state index in [9.17, 15) is 13.5 Å². The first-order valence-corrected chi connectivity index (χ1v) is 6.68. The van der Waals surface area contributed by atoms with Crippen LogP contribution in [-0.2, 0) is 10.1 Å². The number of benzene rings is 2. The van der Waals surface area contributed by atoms with Gasteiger partial charge in [0.2, 0.25) is 0 Å². The van der Waals surface area contributed by atoms with E-state index >= 15 is 0 Å². The number of nitrogens with zero attached hydrogens (tertiary/aromatic N) is 2. The molecule has 2 aromatic carbocycles. The van der Waals surface area contributed by atoms with Gasteiger partial charge in [-0.15, -0.1) is 5.11 Å². The Kier molecular flexibility index (Phi) is 3.59. The largest absolute Gasteiger partial charge is 0.506 e. The highest BCUT2D eigenvalue weighted by atomic mass is 32.2. The van der Waals surface area contributed by atoms with Crippen LogP contribution in [0, 0.1) is 0 Å². The minimum absolute atomic E-state index is 0.108. The molecule has 0 aliphatic heterocycles. The molecule has 0 heterocycles. The number of phenolic OH excluding ortho intramolecular Hbond substituents is 1. The van der Waals surface area contributed by atoms with Crippen molar-refractivity contribution < 1.29 is 18.1 Å². The number of hydrogen-bond donors (Lipinski definition) is 2. The zero-order chi connectivity index (χ0) is 13.9. The maximum Gasteiger partial charge on any atom is 0.294 e. The summed E-state index contributed by atoms with van der Waals surface area (Å²) in [6.07, 6.45) is 0. The molecular formula is C12H10N2O4S. The fraction of sp³-hybridized carbons (Fsp3) is 0. The summed E-state index contributed by atoms with van der Waals surface area (Å²) in [4.78, 5) is -0.399. The van der Waals surface area contributed by atoms with Crippen molar-refractivity contribution in [2.75, 3.05) is 0 Å². The Morgan fingerprint density at radius 1 is 0.947 bits per heavy atom. The summed E-state index contributed by atoms with van der Waals surface area (Å²) in [6.45, 7) is 0. The van der Waals surface area contributed by atoms with Gasteiger partial charge in [-0.05, 0) is 24.3 Å². The predicted molar refractivity (Wildman–Crippen MR) is 68.5 cm³/mol. The highest BCUT2D eigenvalue weighted by Gasteiger charge is 2.12. The van der Waals surface area contributed by atoms with Crippen molar-refractivity contribution in [1.82, 2.24) is 0 Å². The van der Waals surface area contributed by atoms with Crippen LogP contribution in [0.3, 0.4) is 0 Å². The molecule has 0 unspecified atom stereocenters. The molecule has 0 aliphatic rings. The maximum atomic E-state index is 10.9. The molecule has 2 N–H and O–H groups in total. The van der Waals surface area contributed by atoms with Gasteiger partial charge in [-0.2, -0.15) is 13.5 Å². The average Bonchev–Trinajstić information content (AvgIpc) is 2.37. The summed E-state index contributed by atoms with van der Waals surface area (Å²) in [6, 6.07) is 12.2. The Bertz CT molecular complexity index is 712. The smallest absolute Gasteiger partial charge is 0.294 e. The van der Waals surface area contributed by atoms with Crippen LogP contribution in [0.15, 0.2) is 63.7 Å². The molecule has 2 aromatic rings. The Morgan fingerprint density at radius 3 is 2.21 bits per heavy atom. The Balaban J connectivity index is 2.30. The summed E-state index contributed by atoms with van der Waals surface area (Å²) in [5.41, 5.74) is 0.706. The third kappa shape index (κ3) is 3.36. The lowest BCUT2D eigenvalue weighted by atomic mass is 10.3. The highest BCUT2D eigenvalue weighted by molar-refractivity contribution is 7.85. The zero-order valence-corrected chi connectivity index (χ0v) is 10.4. The lowest BCUT2D eigenvalue weighted by molar-refractivity contribution is 0.467. The van der Waals surface area contributed by atoms with E-state index < -0.39 is 15.0 Å². The van der Waals surface area contributed by atoms with E-state index in [0.717, 1.165) is 12.1 Å². The minimum atomic E-state index is -4.34. The monoisotopic (exact) mass is 278 g/mol. The first-order valence-electron chi connectivity index (χ1n) is 5.24. The Morgan fingerprint density at radius 2 is 1.63 bits per heavy atom. The summed E-state index contributed by atoms with van der Waals surface area (Å²) < 4.78 is 30.6. The van der Waals surface area contributed by atoms with Crippen molar-refractivity contribution >= 4 is 21.5 Å². The number of phenols is 1. The van der Waals surface area contributed by atoms with Crippen molar-refractivity contribution in [3.63, 3.8) is 0 Å². The van der Waals surface area contributed by atoms with Crippen molar-refractivity contribution in [3.05, 3.63) is 48.5 Å². The van der Waals surface area contributed by atoms with Gasteiger partial charge in [0.15, 0.2) is 0 Å². The minimum Gasteiger partial charge on any atom is -0.506 e. The van der Waals surface area contributed by atoms with E-state index in [4.69, 9.17) is 4.55 Å². The van der Waals surface area contributed by atoms with Crippen molar-refractivity contribution in [1.29, 1.82) is 0 Å². The Labute approximate surface area is 109 Å². The molecule has 19 heavy (non-hydrogen) atoms. The van der Waals surface area contributed by atoms with Gasteiger partial charge < -0.3 is 5.11 Å². The van der Waals surface area contributed by atoms with Crippen LogP contribution in [-0.4, -0.2) is 18.1 Å². The summed E-state index contributed by atoms with van der Waals surface area (Å²) in [5, 5.41) is 17.3. The third-order valence-electron chi connectivity index (χ3n) is 2.27. The fourth-order valence-corrected chi connectivity index (χ4v) is 1.86. The van der Waals surface area contributed by atoms with Gasteiger partial charge in [0, 0.05) is 6.07 Å². The normalized spacial score (nSPS) is 11.8. The molecule has 0 atom stereocenters. The fourth-order valence-electron chi connectivity index (χ4n) is 1.35. The Hall–Kier alpha value is -2.25. The van der Waals surface area contributed by atoms with Gasteiger partial charge >= 0.3 is 0 Å². The third-order valence-corrected chi connectivity index (χ3v) is 3.12. The molecule has 2 rings (SSSR count). The van der Waals surface area contributed by atoms with Crippen molar-refractivity contribution in [2.24, 2.45) is 10.2 Å². The van der Waals surface area contributed by atoms with Crippen LogP contribution in [0.5, 0.6) is 5.75 Å². The van der Waals surface area contributed by atoms with E-state index in [1.807, 2.05) is 6.07 Å². The van der Waals surface area contributed by atoms with Crippen molar-refractivity contribution in [3.8, 4) is 5.75 Å². The van der Waals surface area contributed by atoms with Crippen LogP contribution < -0.4 is 0 Å². The molecule has 0 fully saturated rings. The first-order chi connectivity index (χ1) is 8.97. The first kappa shape index (κ1) is 13.2. The summed E-state index contributed by atoms with van der Waals surface area (Å²) in [7, 11) is -4.34. The highest BCUT2D eigenvalue weighted by Crippen LogP contribution is 2.30. The number of aromatic hydroxyl groups is 1. The molecular weight excluding hydrogens is 268 g/mol. The second-order valence-corrected chi connectivity index (χ2v) is 5.08. The van der Waals surface area contributed by atoms with Gasteiger partial charge in [-0.3, -0.25) is 4.55 Å². The van der Waals surface area contributed by atoms with Gasteiger partial charge in [-0.1, -0.05) is 18.2 Å². The van der Waals surface area contributed by atoms with Gasteiger partial charge in [0.25, 0.3) is 10.1 Å². The second kappa shape index (κ2) is 5.17. The topological polar surface area (TPSA) is 99.3 Å². The van der Waals surface area contributed by atoms with Gasteiger partial charge in [0.1, 0.15) is 11.4 Å². The molecule has 98 valence electrons. The molecule has 0 aromatic heterocycles. The molecule has 7 heteroatoms. The molecule has 0 radical (unpaired) electrons. The second-order valence-electron chi connectivity index (χ2n) is 3.66. The van der Waals surface area contributed by atoms with Crippen LogP contribution >= 0.6 is 0 Å². The van der Waals surface area contributed by atoms with E-state index in [1.54, 1.807) is 24.3 Å². The molecule has 0 amide bonds. The van der Waals surface area contributed by atoms with E-state index in [-0.39, 0.29) is 11.4 Å². The van der Waals surface area contributed by atoms with Crippen LogP contribution in [0.1, 0.15) is 0 Å². The molecule has 0 saturated heterocycles. The lowest BCUT2D eigenvalue weighted by Crippen LogP contribution is -1.96. The summed E-state index contributed by atoms with van der Waals surface area (Å²) in [5.74, 6) is -0.380. The molecule has 0 aliphatic carbocycles. The number of rotatable bonds is 3.